The van der Waals surface area contributed by atoms with E-state index >= 15 is 0 Å². The van der Waals surface area contributed by atoms with Crippen LogP contribution in [-0.2, 0) is 0 Å². The fourth-order valence-corrected chi connectivity index (χ4v) is 6.33. The van der Waals surface area contributed by atoms with Crippen molar-refractivity contribution in [2.45, 2.75) is 0 Å². The molecular formula is C30H14Cl2. The Morgan fingerprint density at radius 2 is 0.688 bits per heavy atom. The highest BCUT2D eigenvalue weighted by Crippen LogP contribution is 2.47. The number of hydrogen-bond donors (Lipinski definition) is 0. The second kappa shape index (κ2) is 5.72. The number of fused-ring (bicyclic) bond motifs is 9. The predicted octanol–water partition coefficient (Wildman–Crippen LogP) is 9.94. The molecule has 0 aliphatic heterocycles. The van der Waals surface area contributed by atoms with Crippen LogP contribution in [0, 0.1) is 0 Å². The molecule has 0 aliphatic carbocycles. The Labute approximate surface area is 193 Å². The molecule has 0 saturated carbocycles. The zero-order chi connectivity index (χ0) is 21.1. The standard InChI is InChI=1S/C30H14Cl2/c31-15-7-9-17-23(11-15)19-3-1-5-21-25-13-28-18-10-8-16(32)12-24(18)20-4-2-6-22(30(20)28)26(25)14-27(17)29(19)21/h1-14H. The summed E-state index contributed by atoms with van der Waals surface area (Å²) >= 11 is 12.8. The number of hydrogen-bond acceptors (Lipinski definition) is 0. The molecule has 8 aromatic rings. The second-order valence-corrected chi connectivity index (χ2v) is 9.65. The van der Waals surface area contributed by atoms with Crippen LogP contribution in [0.25, 0.3) is 75.4 Å². The molecule has 148 valence electrons. The molecule has 0 heterocycles. The van der Waals surface area contributed by atoms with Gasteiger partial charge in [0.25, 0.3) is 0 Å². The van der Waals surface area contributed by atoms with Gasteiger partial charge in [0.1, 0.15) is 0 Å². The van der Waals surface area contributed by atoms with Crippen LogP contribution in [0.2, 0.25) is 10.0 Å². The zero-order valence-electron chi connectivity index (χ0n) is 16.8. The molecule has 0 amide bonds. The van der Waals surface area contributed by atoms with Gasteiger partial charge in [-0.15, -0.1) is 0 Å². The lowest BCUT2D eigenvalue weighted by atomic mass is 9.93. The molecule has 8 aromatic carbocycles. The second-order valence-electron chi connectivity index (χ2n) is 8.78. The highest BCUT2D eigenvalue weighted by atomic mass is 35.5. The van der Waals surface area contributed by atoms with E-state index in [0.717, 1.165) is 10.0 Å². The van der Waals surface area contributed by atoms with Gasteiger partial charge in [-0.3, -0.25) is 0 Å². The first-order chi connectivity index (χ1) is 15.7. The number of halogens is 2. The predicted molar refractivity (Wildman–Crippen MR) is 141 cm³/mol. The minimum absolute atomic E-state index is 0.778. The Kier molecular flexibility index (Phi) is 3.09. The topological polar surface area (TPSA) is 0 Å². The minimum Gasteiger partial charge on any atom is -0.0843 e. The van der Waals surface area contributed by atoms with Gasteiger partial charge in [0.05, 0.1) is 0 Å². The molecule has 0 atom stereocenters. The SMILES string of the molecule is Clc1ccc2c(c1)c1cccc3c4cc5c6ccc(Cl)cc6c6cccc(c4cc2c13)c65. The molecule has 0 fully saturated rings. The third-order valence-corrected chi connectivity index (χ3v) is 7.71. The van der Waals surface area contributed by atoms with Gasteiger partial charge in [-0.05, 0) is 112 Å². The van der Waals surface area contributed by atoms with Gasteiger partial charge in [0, 0.05) is 10.0 Å². The molecule has 0 aliphatic rings. The Hall–Kier alpha value is -3.32. The van der Waals surface area contributed by atoms with Crippen molar-refractivity contribution < 1.29 is 0 Å². The van der Waals surface area contributed by atoms with Gasteiger partial charge in [-0.1, -0.05) is 71.7 Å². The van der Waals surface area contributed by atoms with Gasteiger partial charge in [-0.2, -0.15) is 0 Å². The van der Waals surface area contributed by atoms with E-state index in [9.17, 15) is 0 Å². The van der Waals surface area contributed by atoms with E-state index < -0.39 is 0 Å². The molecule has 0 unspecified atom stereocenters. The molecule has 0 radical (unpaired) electrons. The van der Waals surface area contributed by atoms with Gasteiger partial charge >= 0.3 is 0 Å². The van der Waals surface area contributed by atoms with Crippen LogP contribution in [0.4, 0.5) is 0 Å². The third-order valence-electron chi connectivity index (χ3n) is 7.24. The van der Waals surface area contributed by atoms with Gasteiger partial charge in [0.2, 0.25) is 0 Å². The molecule has 32 heavy (non-hydrogen) atoms. The Bertz CT molecular complexity index is 1900. The van der Waals surface area contributed by atoms with E-state index in [4.69, 9.17) is 23.2 Å². The summed E-state index contributed by atoms with van der Waals surface area (Å²) in [5.41, 5.74) is 0. The number of rotatable bonds is 0. The van der Waals surface area contributed by atoms with Crippen molar-refractivity contribution in [3.05, 3.63) is 95.0 Å². The molecule has 0 spiro atoms. The molecule has 0 aromatic heterocycles. The maximum absolute atomic E-state index is 6.38. The monoisotopic (exact) mass is 444 g/mol. The Morgan fingerprint density at radius 3 is 1.09 bits per heavy atom. The Morgan fingerprint density at radius 1 is 0.312 bits per heavy atom. The summed E-state index contributed by atoms with van der Waals surface area (Å²) in [5.74, 6) is 0. The lowest BCUT2D eigenvalue weighted by Crippen LogP contribution is -1.82. The van der Waals surface area contributed by atoms with Crippen LogP contribution >= 0.6 is 23.2 Å². The summed E-state index contributed by atoms with van der Waals surface area (Å²) in [4.78, 5) is 0. The summed E-state index contributed by atoms with van der Waals surface area (Å²) in [7, 11) is 0. The van der Waals surface area contributed by atoms with E-state index in [2.05, 4.69) is 72.8 Å². The van der Waals surface area contributed by atoms with Crippen molar-refractivity contribution in [2.24, 2.45) is 0 Å². The third kappa shape index (κ3) is 1.96. The van der Waals surface area contributed by atoms with Crippen LogP contribution < -0.4 is 0 Å². The quantitative estimate of drug-likeness (QED) is 0.204. The van der Waals surface area contributed by atoms with E-state index in [1.54, 1.807) is 0 Å². The maximum Gasteiger partial charge on any atom is 0.0412 e. The van der Waals surface area contributed by atoms with Crippen molar-refractivity contribution >= 4 is 98.6 Å². The van der Waals surface area contributed by atoms with Crippen LogP contribution in [0.5, 0.6) is 0 Å². The van der Waals surface area contributed by atoms with Crippen molar-refractivity contribution in [3.63, 3.8) is 0 Å². The molecule has 0 N–H and O–H groups in total. The maximum atomic E-state index is 6.38. The first-order valence-electron chi connectivity index (χ1n) is 10.7. The highest BCUT2D eigenvalue weighted by Gasteiger charge is 2.19. The molecule has 0 bridgehead atoms. The van der Waals surface area contributed by atoms with Crippen molar-refractivity contribution in [3.8, 4) is 0 Å². The van der Waals surface area contributed by atoms with Crippen molar-refractivity contribution in [1.82, 2.24) is 0 Å². The summed E-state index contributed by atoms with van der Waals surface area (Å²) in [6, 6.07) is 30.6. The first kappa shape index (κ1) is 17.3. The van der Waals surface area contributed by atoms with E-state index in [0.29, 0.717) is 0 Å². The van der Waals surface area contributed by atoms with Gasteiger partial charge in [0.15, 0.2) is 0 Å². The fraction of sp³-hybridized carbons (Fsp3) is 0. The van der Waals surface area contributed by atoms with E-state index in [-0.39, 0.29) is 0 Å². The summed E-state index contributed by atoms with van der Waals surface area (Å²) in [6.07, 6.45) is 0. The summed E-state index contributed by atoms with van der Waals surface area (Å²) in [5, 5.41) is 19.5. The lowest BCUT2D eigenvalue weighted by Gasteiger charge is -2.10. The minimum atomic E-state index is 0.778. The molecule has 0 nitrogen and oxygen atoms in total. The van der Waals surface area contributed by atoms with Crippen molar-refractivity contribution in [2.75, 3.05) is 0 Å². The van der Waals surface area contributed by atoms with Crippen LogP contribution in [0.15, 0.2) is 84.9 Å². The molecular weight excluding hydrogens is 431 g/mol. The van der Waals surface area contributed by atoms with Crippen molar-refractivity contribution in [1.29, 1.82) is 0 Å². The smallest absolute Gasteiger partial charge is 0.0412 e. The zero-order valence-corrected chi connectivity index (χ0v) is 18.4. The molecule has 8 rings (SSSR count). The van der Waals surface area contributed by atoms with Gasteiger partial charge < -0.3 is 0 Å². The van der Waals surface area contributed by atoms with E-state index in [1.807, 2.05) is 12.1 Å². The lowest BCUT2D eigenvalue weighted by molar-refractivity contribution is 1.84. The highest BCUT2D eigenvalue weighted by molar-refractivity contribution is 6.42. The molecule has 0 saturated heterocycles. The average Bonchev–Trinajstić information content (AvgIpc) is 3.29. The van der Waals surface area contributed by atoms with Crippen LogP contribution in [-0.4, -0.2) is 0 Å². The Balaban J connectivity index is 1.72. The number of benzene rings is 6. The van der Waals surface area contributed by atoms with Crippen LogP contribution in [0.1, 0.15) is 0 Å². The summed E-state index contributed by atoms with van der Waals surface area (Å²) in [6.45, 7) is 0. The molecule has 2 heteroatoms. The van der Waals surface area contributed by atoms with Crippen LogP contribution in [0.3, 0.4) is 0 Å². The summed E-state index contributed by atoms with van der Waals surface area (Å²) < 4.78 is 0. The van der Waals surface area contributed by atoms with Gasteiger partial charge in [-0.25, -0.2) is 0 Å². The van der Waals surface area contributed by atoms with E-state index in [1.165, 1.54) is 75.4 Å². The first-order valence-corrected chi connectivity index (χ1v) is 11.5. The average molecular weight is 445 g/mol. The normalized spacial score (nSPS) is 12.7. The largest absolute Gasteiger partial charge is 0.0843 e. The fourth-order valence-electron chi connectivity index (χ4n) is 5.99.